The molecule has 19 heavy (non-hydrogen) atoms. The number of hydrogen-bond acceptors (Lipinski definition) is 3. The smallest absolute Gasteiger partial charge is 0.293 e. The van der Waals surface area contributed by atoms with Crippen LogP contribution in [0.15, 0.2) is 22.7 Å². The zero-order valence-corrected chi connectivity index (χ0v) is 13.3. The Kier molecular flexibility index (Phi) is 6.28. The van der Waals surface area contributed by atoms with Crippen molar-refractivity contribution in [2.24, 2.45) is 5.92 Å². The third-order valence-corrected chi connectivity index (χ3v) is 3.98. The Balaban J connectivity index is 3.07. The summed E-state index contributed by atoms with van der Waals surface area (Å²) in [4.78, 5) is 13.0. The number of nitro groups is 1. The molecule has 0 aliphatic heterocycles. The van der Waals surface area contributed by atoms with Crippen LogP contribution in [0.3, 0.4) is 0 Å². The molecule has 0 aliphatic carbocycles. The Morgan fingerprint density at radius 3 is 2.42 bits per heavy atom. The maximum Gasteiger partial charge on any atom is 0.293 e. The molecule has 4 nitrogen and oxygen atoms in total. The number of nitro benzene ring substituents is 1. The van der Waals surface area contributed by atoms with Gasteiger partial charge in [0.2, 0.25) is 0 Å². The predicted molar refractivity (Wildman–Crippen MR) is 82.8 cm³/mol. The molecule has 0 aromatic heterocycles. The lowest BCUT2D eigenvalue weighted by Crippen LogP contribution is -2.29. The van der Waals surface area contributed by atoms with Gasteiger partial charge < -0.3 is 4.90 Å². The molecule has 0 bridgehead atoms. The molecular weight excluding hydrogens is 308 g/mol. The van der Waals surface area contributed by atoms with Crippen molar-refractivity contribution in [1.29, 1.82) is 0 Å². The van der Waals surface area contributed by atoms with Gasteiger partial charge in [-0.3, -0.25) is 10.1 Å². The van der Waals surface area contributed by atoms with E-state index in [0.29, 0.717) is 11.6 Å². The summed E-state index contributed by atoms with van der Waals surface area (Å²) >= 11 is 3.29. The highest BCUT2D eigenvalue weighted by molar-refractivity contribution is 9.10. The van der Waals surface area contributed by atoms with Gasteiger partial charge in [0.25, 0.3) is 5.69 Å². The largest absolute Gasteiger partial charge is 0.366 e. The quantitative estimate of drug-likeness (QED) is 0.542. The lowest BCUT2D eigenvalue weighted by molar-refractivity contribution is -0.384. The minimum Gasteiger partial charge on any atom is -0.366 e. The molecule has 106 valence electrons. The lowest BCUT2D eigenvalue weighted by atomic mass is 10.0. The molecule has 0 spiro atoms. The summed E-state index contributed by atoms with van der Waals surface area (Å²) in [6.07, 6.45) is 2.19. The van der Waals surface area contributed by atoms with E-state index in [2.05, 4.69) is 34.7 Å². The molecule has 1 aromatic carbocycles. The van der Waals surface area contributed by atoms with Crippen molar-refractivity contribution in [3.05, 3.63) is 32.8 Å². The molecule has 0 radical (unpaired) electrons. The highest BCUT2D eigenvalue weighted by Crippen LogP contribution is 2.32. The zero-order valence-electron chi connectivity index (χ0n) is 11.7. The number of benzene rings is 1. The van der Waals surface area contributed by atoms with Crippen molar-refractivity contribution in [1.82, 2.24) is 0 Å². The maximum atomic E-state index is 11.2. The number of rotatable bonds is 7. The van der Waals surface area contributed by atoms with Crippen LogP contribution in [0.5, 0.6) is 0 Å². The van der Waals surface area contributed by atoms with Crippen LogP contribution in [0.4, 0.5) is 11.4 Å². The van der Waals surface area contributed by atoms with Gasteiger partial charge >= 0.3 is 0 Å². The van der Waals surface area contributed by atoms with E-state index in [0.717, 1.165) is 30.4 Å². The zero-order chi connectivity index (χ0) is 14.4. The highest BCUT2D eigenvalue weighted by Gasteiger charge is 2.20. The Morgan fingerprint density at radius 1 is 1.32 bits per heavy atom. The van der Waals surface area contributed by atoms with Crippen LogP contribution in [0.2, 0.25) is 0 Å². The summed E-state index contributed by atoms with van der Waals surface area (Å²) in [5, 5.41) is 11.2. The van der Waals surface area contributed by atoms with Gasteiger partial charge in [-0.2, -0.15) is 0 Å². The van der Waals surface area contributed by atoms with Crippen LogP contribution in [-0.2, 0) is 0 Å². The van der Waals surface area contributed by atoms with E-state index in [4.69, 9.17) is 0 Å². The topological polar surface area (TPSA) is 46.4 Å². The first-order valence-electron chi connectivity index (χ1n) is 6.72. The number of hydrogen-bond donors (Lipinski definition) is 0. The molecule has 0 heterocycles. The van der Waals surface area contributed by atoms with Gasteiger partial charge in [-0.05, 0) is 25.0 Å². The van der Waals surface area contributed by atoms with Crippen LogP contribution >= 0.6 is 15.9 Å². The SMILES string of the molecule is CCC(CC)CN(CC)c1ccc(Br)cc1[N+](=O)[O-]. The average molecular weight is 329 g/mol. The van der Waals surface area contributed by atoms with Gasteiger partial charge in [0.15, 0.2) is 0 Å². The van der Waals surface area contributed by atoms with E-state index in [-0.39, 0.29) is 10.6 Å². The van der Waals surface area contributed by atoms with Crippen LogP contribution < -0.4 is 4.90 Å². The molecule has 0 amide bonds. The molecular formula is C14H21BrN2O2. The lowest BCUT2D eigenvalue weighted by Gasteiger charge is -2.27. The van der Waals surface area contributed by atoms with Gasteiger partial charge in [-0.15, -0.1) is 0 Å². The second-order valence-electron chi connectivity index (χ2n) is 4.61. The third kappa shape index (κ3) is 4.20. The standard InChI is InChI=1S/C14H21BrN2O2/c1-4-11(5-2)10-16(6-3)13-8-7-12(15)9-14(13)17(18)19/h7-9,11H,4-6,10H2,1-3H3. The Hall–Kier alpha value is -1.10. The van der Waals surface area contributed by atoms with Crippen molar-refractivity contribution in [2.75, 3.05) is 18.0 Å². The molecule has 0 unspecified atom stereocenters. The third-order valence-electron chi connectivity index (χ3n) is 3.49. The number of anilines is 1. The van der Waals surface area contributed by atoms with Crippen molar-refractivity contribution in [2.45, 2.75) is 33.6 Å². The predicted octanol–water partition coefficient (Wildman–Crippen LogP) is 4.62. The van der Waals surface area contributed by atoms with Gasteiger partial charge in [0, 0.05) is 23.6 Å². The van der Waals surface area contributed by atoms with E-state index in [1.165, 1.54) is 0 Å². The normalized spacial score (nSPS) is 10.8. The van der Waals surface area contributed by atoms with Gasteiger partial charge in [-0.25, -0.2) is 0 Å². The summed E-state index contributed by atoms with van der Waals surface area (Å²) in [6.45, 7) is 8.01. The molecule has 0 saturated heterocycles. The molecule has 5 heteroatoms. The summed E-state index contributed by atoms with van der Waals surface area (Å²) in [5.41, 5.74) is 0.879. The molecule has 0 saturated carbocycles. The van der Waals surface area contributed by atoms with Crippen LogP contribution in [0, 0.1) is 16.0 Å². The minimum atomic E-state index is -0.310. The molecule has 1 aromatic rings. The fraction of sp³-hybridized carbons (Fsp3) is 0.571. The Bertz CT molecular complexity index is 433. The first-order valence-corrected chi connectivity index (χ1v) is 7.51. The summed E-state index contributed by atoms with van der Waals surface area (Å²) in [6, 6.07) is 5.26. The summed E-state index contributed by atoms with van der Waals surface area (Å²) < 4.78 is 0.738. The van der Waals surface area contributed by atoms with E-state index in [1.807, 2.05) is 19.1 Å². The molecule has 0 fully saturated rings. The highest BCUT2D eigenvalue weighted by atomic mass is 79.9. The van der Waals surface area contributed by atoms with Gasteiger partial charge in [0.05, 0.1) is 4.92 Å². The first-order chi connectivity index (χ1) is 9.03. The van der Waals surface area contributed by atoms with Crippen molar-refractivity contribution >= 4 is 27.3 Å². The number of halogens is 1. The van der Waals surface area contributed by atoms with Crippen molar-refractivity contribution in [3.63, 3.8) is 0 Å². The van der Waals surface area contributed by atoms with E-state index < -0.39 is 0 Å². The minimum absolute atomic E-state index is 0.169. The number of nitrogens with zero attached hydrogens (tertiary/aromatic N) is 2. The second kappa shape index (κ2) is 7.48. The summed E-state index contributed by atoms with van der Waals surface area (Å²) in [5.74, 6) is 0.572. The van der Waals surface area contributed by atoms with Gasteiger partial charge in [0.1, 0.15) is 5.69 Å². The Morgan fingerprint density at radius 2 is 1.95 bits per heavy atom. The fourth-order valence-electron chi connectivity index (χ4n) is 2.17. The average Bonchev–Trinajstić information content (AvgIpc) is 2.40. The molecule has 0 aliphatic rings. The molecule has 0 N–H and O–H groups in total. The molecule has 0 atom stereocenters. The Labute approximate surface area is 123 Å². The van der Waals surface area contributed by atoms with Crippen LogP contribution in [-0.4, -0.2) is 18.0 Å². The monoisotopic (exact) mass is 328 g/mol. The molecule has 1 rings (SSSR count). The van der Waals surface area contributed by atoms with Crippen LogP contribution in [0.25, 0.3) is 0 Å². The second-order valence-corrected chi connectivity index (χ2v) is 5.53. The van der Waals surface area contributed by atoms with Gasteiger partial charge in [-0.1, -0.05) is 42.6 Å². The van der Waals surface area contributed by atoms with Crippen molar-refractivity contribution < 1.29 is 4.92 Å². The van der Waals surface area contributed by atoms with E-state index in [1.54, 1.807) is 6.07 Å². The van der Waals surface area contributed by atoms with E-state index in [9.17, 15) is 10.1 Å². The van der Waals surface area contributed by atoms with Crippen molar-refractivity contribution in [3.8, 4) is 0 Å². The maximum absolute atomic E-state index is 11.2. The first kappa shape index (κ1) is 16.0. The van der Waals surface area contributed by atoms with Crippen LogP contribution in [0.1, 0.15) is 33.6 Å². The summed E-state index contributed by atoms with van der Waals surface area (Å²) in [7, 11) is 0. The fourth-order valence-corrected chi connectivity index (χ4v) is 2.52. The van der Waals surface area contributed by atoms with E-state index >= 15 is 0 Å².